The number of carbonyl (C=O) groups is 1. The molecule has 0 aliphatic carbocycles. The molecule has 0 unspecified atom stereocenters. The second-order valence-corrected chi connectivity index (χ2v) is 11.0. The van der Waals surface area contributed by atoms with Gasteiger partial charge in [0.05, 0.1) is 10.6 Å². The smallest absolute Gasteiger partial charge is 0.261 e. The van der Waals surface area contributed by atoms with E-state index in [0.717, 1.165) is 11.3 Å². The van der Waals surface area contributed by atoms with Crippen LogP contribution in [0.25, 0.3) is 11.3 Å². The maximum absolute atomic E-state index is 12.9. The van der Waals surface area contributed by atoms with E-state index < -0.39 is 15.9 Å². The Morgan fingerprint density at radius 3 is 2.29 bits per heavy atom. The van der Waals surface area contributed by atoms with E-state index in [1.54, 1.807) is 18.2 Å². The highest BCUT2D eigenvalue weighted by Crippen LogP contribution is 2.29. The molecule has 38 heavy (non-hydrogen) atoms. The van der Waals surface area contributed by atoms with Crippen LogP contribution in [0, 0.1) is 0 Å². The minimum atomic E-state index is -3.84. The van der Waals surface area contributed by atoms with Crippen molar-refractivity contribution >= 4 is 49.7 Å². The predicted octanol–water partition coefficient (Wildman–Crippen LogP) is 7.31. The third kappa shape index (κ3) is 6.20. The lowest BCUT2D eigenvalue weighted by Crippen LogP contribution is -2.15. The van der Waals surface area contributed by atoms with Crippen molar-refractivity contribution < 1.29 is 17.9 Å². The van der Waals surface area contributed by atoms with Gasteiger partial charge >= 0.3 is 0 Å². The number of nitrogens with one attached hydrogen (secondary N) is 2. The molecule has 0 aliphatic heterocycles. The summed E-state index contributed by atoms with van der Waals surface area (Å²) in [5.74, 6) is 1.04. The van der Waals surface area contributed by atoms with Gasteiger partial charge < -0.3 is 4.74 Å². The van der Waals surface area contributed by atoms with Crippen molar-refractivity contribution in [2.45, 2.75) is 4.90 Å². The number of anilines is 2. The number of amides is 1. The van der Waals surface area contributed by atoms with Crippen molar-refractivity contribution in [2.75, 3.05) is 10.0 Å². The minimum Gasteiger partial charge on any atom is -0.457 e. The largest absolute Gasteiger partial charge is 0.457 e. The van der Waals surface area contributed by atoms with Crippen molar-refractivity contribution in [2.24, 2.45) is 0 Å². The average Bonchev–Trinajstić information content (AvgIpc) is 3.38. The Balaban J connectivity index is 1.24. The number of para-hydroxylation sites is 1. The lowest BCUT2D eigenvalue weighted by atomic mass is 10.2. The van der Waals surface area contributed by atoms with Crippen LogP contribution in [0.2, 0.25) is 5.02 Å². The van der Waals surface area contributed by atoms with Gasteiger partial charge in [-0.25, -0.2) is 13.4 Å². The van der Waals surface area contributed by atoms with Crippen molar-refractivity contribution in [1.82, 2.24) is 4.98 Å². The van der Waals surface area contributed by atoms with Gasteiger partial charge in [-0.2, -0.15) is 0 Å². The lowest BCUT2D eigenvalue weighted by molar-refractivity contribution is 0.102. The molecule has 10 heteroatoms. The average molecular weight is 562 g/mol. The van der Waals surface area contributed by atoms with Crippen molar-refractivity contribution in [3.05, 3.63) is 119 Å². The third-order valence-electron chi connectivity index (χ3n) is 5.35. The van der Waals surface area contributed by atoms with Crippen molar-refractivity contribution in [3.8, 4) is 22.8 Å². The quantitative estimate of drug-likeness (QED) is 0.207. The van der Waals surface area contributed by atoms with Gasteiger partial charge in [0.15, 0.2) is 5.13 Å². The molecule has 4 aromatic carbocycles. The normalized spacial score (nSPS) is 11.1. The van der Waals surface area contributed by atoms with E-state index >= 15 is 0 Å². The summed E-state index contributed by atoms with van der Waals surface area (Å²) in [5.41, 5.74) is 2.12. The topological polar surface area (TPSA) is 97.4 Å². The molecule has 1 aromatic heterocycles. The van der Waals surface area contributed by atoms with Crippen LogP contribution in [0.3, 0.4) is 0 Å². The second-order valence-electron chi connectivity index (χ2n) is 8.07. The fourth-order valence-electron chi connectivity index (χ4n) is 3.50. The number of carbonyl (C=O) groups excluding carboxylic acids is 1. The number of halogens is 1. The molecule has 7 nitrogen and oxygen atoms in total. The summed E-state index contributed by atoms with van der Waals surface area (Å²) < 4.78 is 33.6. The fourth-order valence-corrected chi connectivity index (χ4v) is 5.39. The van der Waals surface area contributed by atoms with Gasteiger partial charge in [0.25, 0.3) is 15.9 Å². The van der Waals surface area contributed by atoms with Crippen LogP contribution in [0.15, 0.2) is 113 Å². The Hall–Kier alpha value is -4.18. The van der Waals surface area contributed by atoms with E-state index in [2.05, 4.69) is 15.0 Å². The summed E-state index contributed by atoms with van der Waals surface area (Å²) in [6.45, 7) is 0. The molecular formula is C28H20ClN3O4S2. The molecule has 0 aliphatic rings. The third-order valence-corrected chi connectivity index (χ3v) is 7.76. The van der Waals surface area contributed by atoms with Crippen LogP contribution in [-0.4, -0.2) is 19.3 Å². The van der Waals surface area contributed by atoms with E-state index in [0.29, 0.717) is 21.6 Å². The molecule has 0 bridgehead atoms. The first-order valence-corrected chi connectivity index (χ1v) is 14.1. The Morgan fingerprint density at radius 1 is 0.842 bits per heavy atom. The molecule has 0 radical (unpaired) electrons. The van der Waals surface area contributed by atoms with E-state index in [1.165, 1.54) is 41.7 Å². The zero-order valence-electron chi connectivity index (χ0n) is 19.7. The lowest BCUT2D eigenvalue weighted by Gasteiger charge is -2.09. The Kier molecular flexibility index (Phi) is 7.41. The monoisotopic (exact) mass is 561 g/mol. The molecule has 2 N–H and O–H groups in total. The van der Waals surface area contributed by atoms with Crippen LogP contribution >= 0.6 is 22.9 Å². The zero-order chi connectivity index (χ0) is 26.5. The number of aromatic nitrogens is 1. The van der Waals surface area contributed by atoms with E-state index in [4.69, 9.17) is 16.3 Å². The number of hydrogen-bond acceptors (Lipinski definition) is 6. The van der Waals surface area contributed by atoms with Crippen LogP contribution in [0.5, 0.6) is 11.5 Å². The molecule has 1 amide bonds. The van der Waals surface area contributed by atoms with E-state index in [1.807, 2.05) is 60.0 Å². The highest BCUT2D eigenvalue weighted by atomic mass is 35.5. The maximum atomic E-state index is 12.9. The summed E-state index contributed by atoms with van der Waals surface area (Å²) >= 11 is 7.14. The first-order valence-electron chi connectivity index (χ1n) is 11.3. The molecule has 190 valence electrons. The van der Waals surface area contributed by atoms with Crippen molar-refractivity contribution in [3.63, 3.8) is 0 Å². The SMILES string of the molecule is O=C(Nc1nc(-c2ccc(Oc3ccccc3)cc2)cs1)c1cccc(NS(=O)(=O)c2ccc(Cl)cc2)c1. The molecule has 1 heterocycles. The van der Waals surface area contributed by atoms with Gasteiger partial charge in [-0.15, -0.1) is 11.3 Å². The zero-order valence-corrected chi connectivity index (χ0v) is 22.1. The first kappa shape index (κ1) is 25.5. The van der Waals surface area contributed by atoms with Crippen LogP contribution in [0.1, 0.15) is 10.4 Å². The van der Waals surface area contributed by atoms with Gasteiger partial charge in [0.2, 0.25) is 0 Å². The molecule has 0 atom stereocenters. The first-order chi connectivity index (χ1) is 18.4. The second kappa shape index (κ2) is 11.1. The number of benzene rings is 4. The van der Waals surface area contributed by atoms with E-state index in [9.17, 15) is 13.2 Å². The minimum absolute atomic E-state index is 0.0618. The Bertz CT molecular complexity index is 1670. The van der Waals surface area contributed by atoms with Gasteiger partial charge in [-0.3, -0.25) is 14.8 Å². The fraction of sp³-hybridized carbons (Fsp3) is 0. The molecule has 5 rings (SSSR count). The molecule has 0 spiro atoms. The summed E-state index contributed by atoms with van der Waals surface area (Å²) in [4.78, 5) is 17.4. The van der Waals surface area contributed by atoms with Crippen molar-refractivity contribution in [1.29, 1.82) is 0 Å². The molecule has 0 saturated heterocycles. The molecule has 0 fully saturated rings. The number of nitrogens with zero attached hydrogens (tertiary/aromatic N) is 1. The summed E-state index contributed by atoms with van der Waals surface area (Å²) in [5, 5.41) is 5.47. The van der Waals surface area contributed by atoms with Gasteiger partial charge in [-0.1, -0.05) is 35.9 Å². The summed E-state index contributed by atoms with van der Waals surface area (Å²) in [7, 11) is -3.84. The standard InChI is InChI=1S/C28H20ClN3O4S2/c29-21-11-15-25(16-12-21)38(34,35)32-22-6-4-5-20(17-22)27(33)31-28-30-26(18-37-28)19-9-13-24(14-10-19)36-23-7-2-1-3-8-23/h1-18,32H,(H,30,31,33). The highest BCUT2D eigenvalue weighted by Gasteiger charge is 2.16. The number of ether oxygens (including phenoxy) is 1. The van der Waals surface area contributed by atoms with E-state index in [-0.39, 0.29) is 16.1 Å². The van der Waals surface area contributed by atoms with Gasteiger partial charge in [-0.05, 0) is 78.9 Å². The molecular weight excluding hydrogens is 542 g/mol. The Morgan fingerprint density at radius 2 is 1.55 bits per heavy atom. The number of thiazole rings is 1. The van der Waals surface area contributed by atoms with Gasteiger partial charge in [0, 0.05) is 27.2 Å². The van der Waals surface area contributed by atoms with Crippen LogP contribution < -0.4 is 14.8 Å². The Labute approximate surface area is 228 Å². The maximum Gasteiger partial charge on any atom is 0.261 e. The van der Waals surface area contributed by atoms with Gasteiger partial charge in [0.1, 0.15) is 11.5 Å². The van der Waals surface area contributed by atoms with Crippen LogP contribution in [-0.2, 0) is 10.0 Å². The van der Waals surface area contributed by atoms with Crippen LogP contribution in [0.4, 0.5) is 10.8 Å². The molecule has 0 saturated carbocycles. The number of sulfonamides is 1. The highest BCUT2D eigenvalue weighted by molar-refractivity contribution is 7.92. The molecule has 5 aromatic rings. The summed E-state index contributed by atoms with van der Waals surface area (Å²) in [6.07, 6.45) is 0. The number of hydrogen-bond donors (Lipinski definition) is 2. The predicted molar refractivity (Wildman–Crippen MR) is 151 cm³/mol. The number of rotatable bonds is 8. The summed E-state index contributed by atoms with van der Waals surface area (Å²) in [6, 6.07) is 29.0.